The molecule has 0 heterocycles. The SMILES string of the molecule is COc1cc(F)c(C2(CN)CC2(C)C)c(F)c1. The van der Waals surface area contributed by atoms with Gasteiger partial charge in [0.2, 0.25) is 0 Å². The highest BCUT2D eigenvalue weighted by Gasteiger charge is 2.63. The fourth-order valence-corrected chi connectivity index (χ4v) is 2.71. The predicted molar refractivity (Wildman–Crippen MR) is 62.0 cm³/mol. The third kappa shape index (κ3) is 1.62. The molecule has 0 amide bonds. The number of halogens is 2. The van der Waals surface area contributed by atoms with Gasteiger partial charge >= 0.3 is 0 Å². The van der Waals surface area contributed by atoms with E-state index in [1.165, 1.54) is 19.2 Å². The van der Waals surface area contributed by atoms with Gasteiger partial charge in [-0.3, -0.25) is 0 Å². The van der Waals surface area contributed by atoms with E-state index < -0.39 is 17.0 Å². The average Bonchev–Trinajstić information content (AvgIpc) is 2.80. The minimum atomic E-state index is -0.576. The zero-order valence-corrected chi connectivity index (χ0v) is 10.3. The van der Waals surface area contributed by atoms with Crippen LogP contribution < -0.4 is 10.5 Å². The van der Waals surface area contributed by atoms with Gasteiger partial charge in [0.1, 0.15) is 17.4 Å². The van der Waals surface area contributed by atoms with Gasteiger partial charge in [0, 0.05) is 29.7 Å². The van der Waals surface area contributed by atoms with Crippen LogP contribution in [0.4, 0.5) is 8.78 Å². The summed E-state index contributed by atoms with van der Waals surface area (Å²) in [7, 11) is 1.38. The summed E-state index contributed by atoms with van der Waals surface area (Å²) in [4.78, 5) is 0. The fraction of sp³-hybridized carbons (Fsp3) is 0.538. The van der Waals surface area contributed by atoms with Gasteiger partial charge in [-0.05, 0) is 11.8 Å². The first-order valence-electron chi connectivity index (χ1n) is 5.61. The minimum Gasteiger partial charge on any atom is -0.497 e. The van der Waals surface area contributed by atoms with E-state index >= 15 is 0 Å². The number of ether oxygens (including phenoxy) is 1. The lowest BCUT2D eigenvalue weighted by Gasteiger charge is -2.20. The maximum atomic E-state index is 14.0. The molecule has 1 unspecified atom stereocenters. The van der Waals surface area contributed by atoms with Crippen LogP contribution in [-0.2, 0) is 5.41 Å². The van der Waals surface area contributed by atoms with Crippen molar-refractivity contribution in [3.8, 4) is 5.75 Å². The largest absolute Gasteiger partial charge is 0.497 e. The van der Waals surface area contributed by atoms with E-state index in [0.29, 0.717) is 6.42 Å². The highest BCUT2D eigenvalue weighted by Crippen LogP contribution is 2.64. The molecule has 17 heavy (non-hydrogen) atoms. The van der Waals surface area contributed by atoms with Crippen LogP contribution in [0, 0.1) is 17.0 Å². The molecule has 2 rings (SSSR count). The van der Waals surface area contributed by atoms with Crippen molar-refractivity contribution >= 4 is 0 Å². The van der Waals surface area contributed by atoms with Crippen LogP contribution in [0.5, 0.6) is 5.75 Å². The molecule has 1 saturated carbocycles. The molecule has 0 aliphatic heterocycles. The van der Waals surface area contributed by atoms with Crippen LogP contribution in [0.2, 0.25) is 0 Å². The van der Waals surface area contributed by atoms with Gasteiger partial charge in [0.25, 0.3) is 0 Å². The number of hydrogen-bond donors (Lipinski definition) is 1. The molecule has 2 N–H and O–H groups in total. The second-order valence-electron chi connectivity index (χ2n) is 5.31. The smallest absolute Gasteiger partial charge is 0.133 e. The van der Waals surface area contributed by atoms with E-state index in [1.807, 2.05) is 13.8 Å². The van der Waals surface area contributed by atoms with Crippen LogP contribution >= 0.6 is 0 Å². The van der Waals surface area contributed by atoms with Crippen molar-refractivity contribution in [2.75, 3.05) is 13.7 Å². The number of benzene rings is 1. The van der Waals surface area contributed by atoms with E-state index in [9.17, 15) is 8.78 Å². The normalized spacial score (nSPS) is 25.8. The Balaban J connectivity index is 2.54. The van der Waals surface area contributed by atoms with Crippen molar-refractivity contribution < 1.29 is 13.5 Å². The molecule has 1 aromatic carbocycles. The lowest BCUT2D eigenvalue weighted by molar-refractivity contribution is 0.398. The van der Waals surface area contributed by atoms with Crippen LogP contribution in [-0.4, -0.2) is 13.7 Å². The van der Waals surface area contributed by atoms with Gasteiger partial charge in [-0.25, -0.2) is 8.78 Å². The van der Waals surface area contributed by atoms with Crippen molar-refractivity contribution in [2.24, 2.45) is 11.1 Å². The van der Waals surface area contributed by atoms with Gasteiger partial charge in [0.05, 0.1) is 7.11 Å². The Kier molecular flexibility index (Phi) is 2.65. The summed E-state index contributed by atoms with van der Waals surface area (Å²) in [6, 6.07) is 2.43. The highest BCUT2D eigenvalue weighted by atomic mass is 19.1. The van der Waals surface area contributed by atoms with Crippen LogP contribution in [0.3, 0.4) is 0 Å². The van der Waals surface area contributed by atoms with Crippen LogP contribution in [0.25, 0.3) is 0 Å². The summed E-state index contributed by atoms with van der Waals surface area (Å²) in [5.74, 6) is -0.954. The summed E-state index contributed by atoms with van der Waals surface area (Å²) in [6.45, 7) is 4.20. The molecule has 0 radical (unpaired) electrons. The topological polar surface area (TPSA) is 35.2 Å². The monoisotopic (exact) mass is 241 g/mol. The zero-order valence-electron chi connectivity index (χ0n) is 10.3. The van der Waals surface area contributed by atoms with Gasteiger partial charge in [-0.2, -0.15) is 0 Å². The number of rotatable bonds is 3. The van der Waals surface area contributed by atoms with Crippen LogP contribution in [0.1, 0.15) is 25.8 Å². The molecule has 0 bridgehead atoms. The lowest BCUT2D eigenvalue weighted by atomic mass is 9.87. The van der Waals surface area contributed by atoms with Gasteiger partial charge in [-0.15, -0.1) is 0 Å². The number of methoxy groups -OCH3 is 1. The minimum absolute atomic E-state index is 0.103. The Morgan fingerprint density at radius 2 is 1.76 bits per heavy atom. The summed E-state index contributed by atoms with van der Waals surface area (Å²) >= 11 is 0. The fourth-order valence-electron chi connectivity index (χ4n) is 2.71. The molecule has 2 nitrogen and oxygen atoms in total. The molecule has 1 aliphatic rings. The first kappa shape index (κ1) is 12.3. The average molecular weight is 241 g/mol. The molecule has 0 saturated heterocycles. The summed E-state index contributed by atoms with van der Waals surface area (Å²) < 4.78 is 32.8. The van der Waals surface area contributed by atoms with E-state index in [-0.39, 0.29) is 23.3 Å². The predicted octanol–water partition coefficient (Wildman–Crippen LogP) is 2.60. The molecule has 94 valence electrons. The van der Waals surface area contributed by atoms with E-state index in [1.54, 1.807) is 0 Å². The van der Waals surface area contributed by atoms with Crippen LogP contribution in [0.15, 0.2) is 12.1 Å². The quantitative estimate of drug-likeness (QED) is 0.882. The van der Waals surface area contributed by atoms with Gasteiger partial charge in [-0.1, -0.05) is 13.8 Å². The third-order valence-electron chi connectivity index (χ3n) is 3.99. The van der Waals surface area contributed by atoms with Gasteiger partial charge in [0.15, 0.2) is 0 Å². The van der Waals surface area contributed by atoms with Crippen molar-refractivity contribution in [3.05, 3.63) is 29.3 Å². The van der Waals surface area contributed by atoms with Gasteiger partial charge < -0.3 is 10.5 Å². The molecule has 0 spiro atoms. The summed E-state index contributed by atoms with van der Waals surface area (Å²) in [6.07, 6.45) is 0.705. The van der Waals surface area contributed by atoms with Crippen molar-refractivity contribution in [1.82, 2.24) is 0 Å². The molecule has 1 atom stereocenters. The molecule has 0 aromatic heterocycles. The van der Waals surface area contributed by atoms with Crippen molar-refractivity contribution in [3.63, 3.8) is 0 Å². The Bertz CT molecular complexity index is 436. The van der Waals surface area contributed by atoms with E-state index in [0.717, 1.165) is 0 Å². The first-order chi connectivity index (χ1) is 7.88. The summed E-state index contributed by atoms with van der Waals surface area (Å²) in [5.41, 5.74) is 5.09. The second-order valence-corrected chi connectivity index (χ2v) is 5.31. The number of nitrogens with two attached hydrogens (primary N) is 1. The number of hydrogen-bond acceptors (Lipinski definition) is 2. The van der Waals surface area contributed by atoms with Crippen molar-refractivity contribution in [1.29, 1.82) is 0 Å². The molecule has 1 fully saturated rings. The van der Waals surface area contributed by atoms with E-state index in [2.05, 4.69) is 0 Å². The Morgan fingerprint density at radius 3 is 2.06 bits per heavy atom. The maximum Gasteiger partial charge on any atom is 0.133 e. The van der Waals surface area contributed by atoms with E-state index in [4.69, 9.17) is 10.5 Å². The maximum absolute atomic E-state index is 14.0. The lowest BCUT2D eigenvalue weighted by Crippen LogP contribution is -2.27. The standard InChI is InChI=1S/C13H17F2NO/c1-12(2)6-13(12,7-16)11-9(14)4-8(17-3)5-10(11)15/h4-5H,6-7,16H2,1-3H3. The Labute approximate surface area is 99.8 Å². The molecule has 1 aliphatic carbocycles. The third-order valence-corrected chi connectivity index (χ3v) is 3.99. The zero-order chi connectivity index (χ0) is 12.8. The second kappa shape index (κ2) is 3.67. The Morgan fingerprint density at radius 1 is 1.29 bits per heavy atom. The Hall–Kier alpha value is -1.16. The first-order valence-corrected chi connectivity index (χ1v) is 5.61. The van der Waals surface area contributed by atoms with Crippen molar-refractivity contribution in [2.45, 2.75) is 25.7 Å². The molecule has 4 heteroatoms. The molecule has 1 aromatic rings. The summed E-state index contributed by atoms with van der Waals surface area (Å²) in [5, 5.41) is 0. The molecular formula is C13H17F2NO. The molecular weight excluding hydrogens is 224 g/mol. The highest BCUT2D eigenvalue weighted by molar-refractivity contribution is 5.42.